The smallest absolute Gasteiger partial charge is 0.123 e. The van der Waals surface area contributed by atoms with Crippen molar-refractivity contribution in [2.75, 3.05) is 0 Å². The Hall–Kier alpha value is -1.23. The van der Waals surface area contributed by atoms with E-state index in [1.165, 1.54) is 17.7 Å². The Kier molecular flexibility index (Phi) is 5.29. The molecular formula is C16H18BrFN2. The zero-order valence-corrected chi connectivity index (χ0v) is 13.0. The maximum absolute atomic E-state index is 13.4. The molecule has 20 heavy (non-hydrogen) atoms. The summed E-state index contributed by atoms with van der Waals surface area (Å²) in [5, 5.41) is 0. The second kappa shape index (κ2) is 6.97. The van der Waals surface area contributed by atoms with Crippen LogP contribution in [0.15, 0.2) is 46.9 Å². The fourth-order valence-electron chi connectivity index (χ4n) is 2.27. The van der Waals surface area contributed by atoms with Crippen LogP contribution < -0.4 is 11.3 Å². The molecular weight excluding hydrogens is 319 g/mol. The van der Waals surface area contributed by atoms with Crippen LogP contribution in [0.25, 0.3) is 0 Å². The molecule has 2 aromatic rings. The lowest BCUT2D eigenvalue weighted by atomic mass is 9.97. The van der Waals surface area contributed by atoms with Gasteiger partial charge in [0.2, 0.25) is 0 Å². The molecule has 106 valence electrons. The van der Waals surface area contributed by atoms with Crippen molar-refractivity contribution in [2.24, 2.45) is 5.84 Å². The summed E-state index contributed by atoms with van der Waals surface area (Å²) in [6.07, 6.45) is 2.18. The van der Waals surface area contributed by atoms with Crippen molar-refractivity contribution < 1.29 is 4.39 Å². The average Bonchev–Trinajstić information content (AvgIpc) is 2.45. The number of nitrogens with one attached hydrogen (secondary N) is 1. The summed E-state index contributed by atoms with van der Waals surface area (Å²) in [6.45, 7) is 2.15. The highest BCUT2D eigenvalue weighted by Crippen LogP contribution is 2.29. The highest BCUT2D eigenvalue weighted by molar-refractivity contribution is 9.10. The lowest BCUT2D eigenvalue weighted by Gasteiger charge is -2.19. The van der Waals surface area contributed by atoms with E-state index in [9.17, 15) is 4.39 Å². The maximum Gasteiger partial charge on any atom is 0.123 e. The SMILES string of the molecule is CCCc1ccc(C(NN)c2cc(F)ccc2Br)cc1. The third-order valence-electron chi connectivity index (χ3n) is 3.29. The first-order valence-corrected chi connectivity index (χ1v) is 7.45. The van der Waals surface area contributed by atoms with Crippen molar-refractivity contribution in [3.05, 3.63) is 69.4 Å². The van der Waals surface area contributed by atoms with E-state index >= 15 is 0 Å². The Balaban J connectivity index is 2.34. The molecule has 0 aromatic heterocycles. The molecule has 1 unspecified atom stereocenters. The van der Waals surface area contributed by atoms with Crippen LogP contribution in [0.3, 0.4) is 0 Å². The third-order valence-corrected chi connectivity index (χ3v) is 4.01. The third kappa shape index (κ3) is 3.45. The summed E-state index contributed by atoms with van der Waals surface area (Å²) in [5.41, 5.74) is 5.85. The van der Waals surface area contributed by atoms with Crippen LogP contribution in [0.2, 0.25) is 0 Å². The van der Waals surface area contributed by atoms with E-state index in [1.54, 1.807) is 6.07 Å². The number of hydrogen-bond acceptors (Lipinski definition) is 2. The second-order valence-electron chi connectivity index (χ2n) is 4.76. The Morgan fingerprint density at radius 1 is 1.20 bits per heavy atom. The number of benzene rings is 2. The first-order valence-electron chi connectivity index (χ1n) is 6.65. The van der Waals surface area contributed by atoms with Gasteiger partial charge in [-0.1, -0.05) is 53.5 Å². The molecule has 0 aliphatic heterocycles. The molecule has 0 saturated heterocycles. The molecule has 2 rings (SSSR count). The standard InChI is InChI=1S/C16H18BrFN2/c1-2-3-11-4-6-12(7-5-11)16(20-19)14-10-13(18)8-9-15(14)17/h4-10,16,20H,2-3,19H2,1H3. The van der Waals surface area contributed by atoms with Gasteiger partial charge in [-0.3, -0.25) is 5.84 Å². The van der Waals surface area contributed by atoms with E-state index in [4.69, 9.17) is 5.84 Å². The van der Waals surface area contributed by atoms with Gasteiger partial charge < -0.3 is 0 Å². The number of rotatable bonds is 5. The van der Waals surface area contributed by atoms with Gasteiger partial charge in [-0.2, -0.15) is 0 Å². The molecule has 1 atom stereocenters. The van der Waals surface area contributed by atoms with E-state index in [0.717, 1.165) is 28.4 Å². The van der Waals surface area contributed by atoms with Gasteiger partial charge in [0.25, 0.3) is 0 Å². The van der Waals surface area contributed by atoms with Gasteiger partial charge in [-0.05, 0) is 41.3 Å². The van der Waals surface area contributed by atoms with Crippen LogP contribution in [-0.2, 0) is 6.42 Å². The highest BCUT2D eigenvalue weighted by atomic mass is 79.9. The number of hydrogen-bond donors (Lipinski definition) is 2. The molecule has 0 heterocycles. The van der Waals surface area contributed by atoms with Crippen LogP contribution in [0.5, 0.6) is 0 Å². The van der Waals surface area contributed by atoms with Gasteiger partial charge in [-0.25, -0.2) is 9.82 Å². The first kappa shape index (κ1) is 15.2. The number of hydrazine groups is 1. The van der Waals surface area contributed by atoms with Gasteiger partial charge in [0, 0.05) is 4.47 Å². The summed E-state index contributed by atoms with van der Waals surface area (Å²) in [7, 11) is 0. The van der Waals surface area contributed by atoms with E-state index in [0.29, 0.717) is 0 Å². The Morgan fingerprint density at radius 2 is 1.90 bits per heavy atom. The van der Waals surface area contributed by atoms with Crippen molar-refractivity contribution in [3.63, 3.8) is 0 Å². The molecule has 0 aliphatic carbocycles. The molecule has 0 fully saturated rings. The second-order valence-corrected chi connectivity index (χ2v) is 5.61. The van der Waals surface area contributed by atoms with Crippen molar-refractivity contribution in [1.82, 2.24) is 5.43 Å². The molecule has 0 bridgehead atoms. The normalized spacial score (nSPS) is 12.4. The van der Waals surface area contributed by atoms with E-state index in [2.05, 4.69) is 40.4 Å². The monoisotopic (exact) mass is 336 g/mol. The van der Waals surface area contributed by atoms with E-state index in [1.807, 2.05) is 12.1 Å². The largest absolute Gasteiger partial charge is 0.271 e. The highest BCUT2D eigenvalue weighted by Gasteiger charge is 2.16. The van der Waals surface area contributed by atoms with Crippen molar-refractivity contribution in [1.29, 1.82) is 0 Å². The average molecular weight is 337 g/mol. The summed E-state index contributed by atoms with van der Waals surface area (Å²) in [4.78, 5) is 0. The minimum atomic E-state index is -0.272. The van der Waals surface area contributed by atoms with Gasteiger partial charge in [-0.15, -0.1) is 0 Å². The molecule has 4 heteroatoms. The summed E-state index contributed by atoms with van der Waals surface area (Å²) < 4.78 is 14.3. The summed E-state index contributed by atoms with van der Waals surface area (Å²) in [6, 6.07) is 12.6. The van der Waals surface area contributed by atoms with Crippen LogP contribution in [0.4, 0.5) is 4.39 Å². The minimum Gasteiger partial charge on any atom is -0.271 e. The lowest BCUT2D eigenvalue weighted by molar-refractivity contribution is 0.603. The molecule has 2 nitrogen and oxygen atoms in total. The van der Waals surface area contributed by atoms with Crippen LogP contribution in [0, 0.1) is 5.82 Å². The molecule has 3 N–H and O–H groups in total. The van der Waals surface area contributed by atoms with Gasteiger partial charge in [0.1, 0.15) is 5.82 Å². The molecule has 0 saturated carbocycles. The number of nitrogens with two attached hydrogens (primary N) is 1. The number of aryl methyl sites for hydroxylation is 1. The topological polar surface area (TPSA) is 38.0 Å². The fourth-order valence-corrected chi connectivity index (χ4v) is 2.74. The molecule has 0 aliphatic rings. The lowest BCUT2D eigenvalue weighted by Crippen LogP contribution is -2.29. The summed E-state index contributed by atoms with van der Waals surface area (Å²) >= 11 is 3.45. The maximum atomic E-state index is 13.4. The van der Waals surface area contributed by atoms with E-state index < -0.39 is 0 Å². The first-order chi connectivity index (χ1) is 9.65. The quantitative estimate of drug-likeness (QED) is 0.637. The molecule has 0 radical (unpaired) electrons. The van der Waals surface area contributed by atoms with Crippen molar-refractivity contribution in [2.45, 2.75) is 25.8 Å². The zero-order valence-electron chi connectivity index (χ0n) is 11.4. The van der Waals surface area contributed by atoms with Crippen molar-refractivity contribution in [3.8, 4) is 0 Å². The van der Waals surface area contributed by atoms with Crippen LogP contribution >= 0.6 is 15.9 Å². The Labute approximate surface area is 127 Å². The minimum absolute atomic E-state index is 0.240. The molecule has 0 spiro atoms. The Morgan fingerprint density at radius 3 is 2.50 bits per heavy atom. The predicted octanol–water partition coefficient (Wildman–Crippen LogP) is 4.09. The van der Waals surface area contributed by atoms with Crippen LogP contribution in [0.1, 0.15) is 36.1 Å². The summed E-state index contributed by atoms with van der Waals surface area (Å²) in [5.74, 6) is 5.39. The Bertz CT molecular complexity index is 569. The fraction of sp³-hybridized carbons (Fsp3) is 0.250. The molecule has 2 aromatic carbocycles. The zero-order chi connectivity index (χ0) is 14.5. The van der Waals surface area contributed by atoms with Gasteiger partial charge in [0.05, 0.1) is 6.04 Å². The number of halogens is 2. The predicted molar refractivity (Wildman–Crippen MR) is 83.7 cm³/mol. The van der Waals surface area contributed by atoms with E-state index in [-0.39, 0.29) is 11.9 Å². The molecule has 0 amide bonds. The van der Waals surface area contributed by atoms with Crippen LogP contribution in [-0.4, -0.2) is 0 Å². The van der Waals surface area contributed by atoms with Crippen molar-refractivity contribution >= 4 is 15.9 Å². The van der Waals surface area contributed by atoms with Gasteiger partial charge >= 0.3 is 0 Å². The van der Waals surface area contributed by atoms with Gasteiger partial charge in [0.15, 0.2) is 0 Å².